The van der Waals surface area contributed by atoms with Crippen LogP contribution in [0.5, 0.6) is 5.75 Å². The van der Waals surface area contributed by atoms with Crippen molar-refractivity contribution in [3.63, 3.8) is 0 Å². The summed E-state index contributed by atoms with van der Waals surface area (Å²) in [6.07, 6.45) is 5.54. The Hall–Kier alpha value is -2.06. The van der Waals surface area contributed by atoms with Crippen molar-refractivity contribution in [3.05, 3.63) is 23.8 Å². The summed E-state index contributed by atoms with van der Waals surface area (Å²) in [5.74, 6) is 0.427. The van der Waals surface area contributed by atoms with Gasteiger partial charge in [0.25, 0.3) is 5.91 Å². The van der Waals surface area contributed by atoms with Crippen molar-refractivity contribution in [2.24, 2.45) is 0 Å². The van der Waals surface area contributed by atoms with Crippen molar-refractivity contribution >= 4 is 11.6 Å². The summed E-state index contributed by atoms with van der Waals surface area (Å²) >= 11 is 0. The number of amides is 1. The second-order valence-electron chi connectivity index (χ2n) is 6.11. The van der Waals surface area contributed by atoms with Crippen LogP contribution in [0.25, 0.3) is 0 Å². The van der Waals surface area contributed by atoms with E-state index in [1.165, 1.54) is 0 Å². The lowest BCUT2D eigenvalue weighted by atomic mass is 9.83. The number of benzene rings is 1. The number of nitrogens with zero attached hydrogens (tertiary/aromatic N) is 1. The van der Waals surface area contributed by atoms with Crippen LogP contribution < -0.4 is 10.1 Å². The van der Waals surface area contributed by atoms with Gasteiger partial charge < -0.3 is 14.8 Å². The zero-order valence-corrected chi connectivity index (χ0v) is 14.6. The molecule has 0 aromatic heterocycles. The quantitative estimate of drug-likeness (QED) is 0.819. The molecule has 5 heteroatoms. The van der Waals surface area contributed by atoms with Crippen LogP contribution in [-0.2, 0) is 9.53 Å². The molecular weight excluding hydrogens is 304 g/mol. The molecule has 1 aliphatic carbocycles. The Kier molecular flexibility index (Phi) is 6.62. The fourth-order valence-electron chi connectivity index (χ4n) is 3.08. The molecule has 0 bridgehead atoms. The van der Waals surface area contributed by atoms with E-state index in [1.807, 2.05) is 13.8 Å². The molecule has 1 aliphatic rings. The van der Waals surface area contributed by atoms with Crippen LogP contribution in [0.1, 0.15) is 57.9 Å². The van der Waals surface area contributed by atoms with Gasteiger partial charge in [-0.15, -0.1) is 0 Å². The highest BCUT2D eigenvalue weighted by Crippen LogP contribution is 2.33. The van der Waals surface area contributed by atoms with E-state index in [0.29, 0.717) is 30.2 Å². The molecule has 0 spiro atoms. The number of anilines is 1. The van der Waals surface area contributed by atoms with Gasteiger partial charge in [0, 0.05) is 12.3 Å². The molecule has 1 saturated carbocycles. The van der Waals surface area contributed by atoms with Crippen LogP contribution in [-0.4, -0.2) is 24.7 Å². The van der Waals surface area contributed by atoms with Gasteiger partial charge in [-0.25, -0.2) is 0 Å². The van der Waals surface area contributed by atoms with E-state index in [0.717, 1.165) is 38.5 Å². The molecule has 0 heterocycles. The van der Waals surface area contributed by atoms with Gasteiger partial charge in [0.2, 0.25) is 0 Å². The summed E-state index contributed by atoms with van der Waals surface area (Å²) in [7, 11) is 0. The van der Waals surface area contributed by atoms with E-state index < -0.39 is 5.60 Å². The second kappa shape index (κ2) is 8.70. The van der Waals surface area contributed by atoms with Crippen LogP contribution in [0.4, 0.5) is 5.69 Å². The lowest BCUT2D eigenvalue weighted by molar-refractivity contribution is -0.146. The maximum atomic E-state index is 12.9. The summed E-state index contributed by atoms with van der Waals surface area (Å²) < 4.78 is 11.4. The van der Waals surface area contributed by atoms with E-state index in [2.05, 4.69) is 11.4 Å². The van der Waals surface area contributed by atoms with Crippen LogP contribution in [0.3, 0.4) is 0 Å². The number of rotatable bonds is 7. The third-order valence-corrected chi connectivity index (χ3v) is 4.32. The van der Waals surface area contributed by atoms with Crippen molar-refractivity contribution in [3.8, 4) is 11.8 Å². The summed E-state index contributed by atoms with van der Waals surface area (Å²) in [5.41, 5.74) is 0.284. The Balaban J connectivity index is 2.15. The van der Waals surface area contributed by atoms with E-state index in [1.54, 1.807) is 18.2 Å². The fourth-order valence-corrected chi connectivity index (χ4v) is 3.08. The molecular formula is C19H26N2O3. The van der Waals surface area contributed by atoms with Crippen LogP contribution in [0.2, 0.25) is 0 Å². The Morgan fingerprint density at radius 3 is 2.67 bits per heavy atom. The molecule has 0 aliphatic heterocycles. The van der Waals surface area contributed by atoms with E-state index in [-0.39, 0.29) is 5.91 Å². The standard InChI is InChI=1S/C19H26N2O3/c1-3-12-24-19(10-6-5-7-11-19)18(22)21-16-8-9-17(23-4-2)15(13-16)14-20/h8-9,13H,3-7,10-12H2,1-2H3,(H,21,22). The van der Waals surface area contributed by atoms with Gasteiger partial charge >= 0.3 is 0 Å². The summed E-state index contributed by atoms with van der Waals surface area (Å²) in [5, 5.41) is 12.2. The molecule has 130 valence electrons. The molecule has 1 N–H and O–H groups in total. The lowest BCUT2D eigenvalue weighted by Gasteiger charge is -2.35. The predicted molar refractivity (Wildman–Crippen MR) is 93.0 cm³/mol. The maximum Gasteiger partial charge on any atom is 0.256 e. The Morgan fingerprint density at radius 2 is 2.04 bits per heavy atom. The van der Waals surface area contributed by atoms with Gasteiger partial charge in [0.1, 0.15) is 17.4 Å². The summed E-state index contributed by atoms with van der Waals surface area (Å²) in [4.78, 5) is 12.9. The average molecular weight is 330 g/mol. The number of ether oxygens (including phenoxy) is 2. The molecule has 2 rings (SSSR count). The number of hydrogen-bond donors (Lipinski definition) is 1. The van der Waals surface area contributed by atoms with Crippen LogP contribution in [0.15, 0.2) is 18.2 Å². The van der Waals surface area contributed by atoms with Gasteiger partial charge in [-0.2, -0.15) is 5.26 Å². The Bertz CT molecular complexity index is 601. The highest BCUT2D eigenvalue weighted by Gasteiger charge is 2.40. The smallest absolute Gasteiger partial charge is 0.256 e. The van der Waals surface area contributed by atoms with Crippen molar-refractivity contribution in [1.82, 2.24) is 0 Å². The maximum absolute atomic E-state index is 12.9. The van der Waals surface area contributed by atoms with Crippen LogP contribution in [0, 0.1) is 11.3 Å². The lowest BCUT2D eigenvalue weighted by Crippen LogP contribution is -2.47. The summed E-state index contributed by atoms with van der Waals surface area (Å²) in [6.45, 7) is 4.99. The first-order chi connectivity index (χ1) is 11.6. The SMILES string of the molecule is CCCOC1(C(=O)Nc2ccc(OCC)c(C#N)c2)CCCCC1. The van der Waals surface area contributed by atoms with Crippen molar-refractivity contribution in [2.45, 2.75) is 58.0 Å². The Labute approximate surface area is 144 Å². The molecule has 1 aromatic carbocycles. The Morgan fingerprint density at radius 1 is 1.29 bits per heavy atom. The van der Waals surface area contributed by atoms with Gasteiger partial charge in [-0.1, -0.05) is 26.2 Å². The predicted octanol–water partition coefficient (Wildman–Crippen LogP) is 4.02. The first-order valence-electron chi connectivity index (χ1n) is 8.77. The van der Waals surface area contributed by atoms with Gasteiger partial charge in [0.05, 0.1) is 12.2 Å². The molecule has 0 atom stereocenters. The van der Waals surface area contributed by atoms with Gasteiger partial charge in [-0.3, -0.25) is 4.79 Å². The second-order valence-corrected chi connectivity index (χ2v) is 6.11. The normalized spacial score (nSPS) is 16.2. The van der Waals surface area contributed by atoms with Crippen molar-refractivity contribution in [1.29, 1.82) is 5.26 Å². The average Bonchev–Trinajstić information content (AvgIpc) is 2.62. The zero-order valence-electron chi connectivity index (χ0n) is 14.6. The number of hydrogen-bond acceptors (Lipinski definition) is 4. The molecule has 0 radical (unpaired) electrons. The fraction of sp³-hybridized carbons (Fsp3) is 0.579. The number of nitriles is 1. The van der Waals surface area contributed by atoms with E-state index in [4.69, 9.17) is 9.47 Å². The van der Waals surface area contributed by atoms with Crippen LogP contribution >= 0.6 is 0 Å². The minimum Gasteiger partial charge on any atom is -0.492 e. The topological polar surface area (TPSA) is 71.3 Å². The highest BCUT2D eigenvalue weighted by molar-refractivity contribution is 5.97. The number of nitrogens with one attached hydrogen (secondary N) is 1. The number of carbonyl (C=O) groups excluding carboxylic acids is 1. The molecule has 0 unspecified atom stereocenters. The molecule has 1 fully saturated rings. The van der Waals surface area contributed by atoms with Gasteiger partial charge in [0.15, 0.2) is 0 Å². The largest absolute Gasteiger partial charge is 0.492 e. The zero-order chi connectivity index (χ0) is 17.4. The summed E-state index contributed by atoms with van der Waals surface area (Å²) in [6, 6.07) is 7.25. The monoisotopic (exact) mass is 330 g/mol. The molecule has 1 amide bonds. The van der Waals surface area contributed by atoms with Gasteiger partial charge in [-0.05, 0) is 44.4 Å². The first-order valence-corrected chi connectivity index (χ1v) is 8.77. The third-order valence-electron chi connectivity index (χ3n) is 4.32. The minimum atomic E-state index is -0.736. The van der Waals surface area contributed by atoms with E-state index in [9.17, 15) is 10.1 Å². The third kappa shape index (κ3) is 4.27. The van der Waals surface area contributed by atoms with Crippen molar-refractivity contribution < 1.29 is 14.3 Å². The molecule has 5 nitrogen and oxygen atoms in total. The number of carbonyl (C=O) groups is 1. The molecule has 24 heavy (non-hydrogen) atoms. The van der Waals surface area contributed by atoms with E-state index >= 15 is 0 Å². The highest BCUT2D eigenvalue weighted by atomic mass is 16.5. The molecule has 1 aromatic rings. The first kappa shape index (κ1) is 18.3. The minimum absolute atomic E-state index is 0.108. The molecule has 0 saturated heterocycles. The van der Waals surface area contributed by atoms with Crippen molar-refractivity contribution in [2.75, 3.05) is 18.5 Å².